The normalized spacial score (nSPS) is 15.3. The third-order valence-electron chi connectivity index (χ3n) is 6.17. The Balaban J connectivity index is 1.57. The van der Waals surface area contributed by atoms with Crippen LogP contribution < -0.4 is 9.04 Å². The highest BCUT2D eigenvalue weighted by atomic mass is 35.5. The Hall–Kier alpha value is -4.17. The number of hydrogen-bond donors (Lipinski definition) is 1. The number of sulfonamides is 1. The molecule has 0 aliphatic carbocycles. The summed E-state index contributed by atoms with van der Waals surface area (Å²) in [4.78, 5) is 10.5. The number of fused-ring (bicyclic) bond motifs is 1. The van der Waals surface area contributed by atoms with Gasteiger partial charge in [-0.05, 0) is 55.0 Å². The van der Waals surface area contributed by atoms with Gasteiger partial charge in [-0.3, -0.25) is 9.10 Å². The zero-order valence-electron chi connectivity index (χ0n) is 20.6. The number of rotatable bonds is 7. The molecular formula is C26H18ClF4N3O6S. The highest BCUT2D eigenvalue weighted by molar-refractivity contribution is 7.92. The molecule has 0 spiro atoms. The summed E-state index contributed by atoms with van der Waals surface area (Å²) in [5, 5.41) is 16.8. The second kappa shape index (κ2) is 10.7. The van der Waals surface area contributed by atoms with Gasteiger partial charge < -0.3 is 14.3 Å². The highest BCUT2D eigenvalue weighted by Gasteiger charge is 2.37. The van der Waals surface area contributed by atoms with Gasteiger partial charge in [-0.15, -0.1) is 10.2 Å². The van der Waals surface area contributed by atoms with Crippen LogP contribution in [0.25, 0.3) is 22.9 Å². The average Bonchev–Trinajstić information content (AvgIpc) is 3.40. The minimum Gasteiger partial charge on any atom is -0.486 e. The summed E-state index contributed by atoms with van der Waals surface area (Å²) in [6, 6.07) is 11.4. The maximum atomic E-state index is 14.4. The molecular weight excluding hydrogens is 594 g/mol. The van der Waals surface area contributed by atoms with E-state index in [1.807, 2.05) is 0 Å². The number of anilines is 1. The van der Waals surface area contributed by atoms with Gasteiger partial charge in [0.2, 0.25) is 5.89 Å². The van der Waals surface area contributed by atoms with Gasteiger partial charge in [-0.2, -0.15) is 13.2 Å². The quantitative estimate of drug-likeness (QED) is 0.251. The van der Waals surface area contributed by atoms with Crippen LogP contribution in [0.1, 0.15) is 18.4 Å². The van der Waals surface area contributed by atoms with E-state index < -0.39 is 44.5 Å². The number of carboxylic acid groups (broad SMARTS) is 1. The Morgan fingerprint density at radius 1 is 1.07 bits per heavy atom. The molecule has 0 unspecified atom stereocenters. The predicted octanol–water partition coefficient (Wildman–Crippen LogP) is 6.04. The van der Waals surface area contributed by atoms with E-state index in [1.54, 1.807) is 0 Å². The lowest BCUT2D eigenvalue weighted by Gasteiger charge is -2.35. The fourth-order valence-electron chi connectivity index (χ4n) is 4.21. The van der Waals surface area contributed by atoms with Crippen LogP contribution in [-0.2, 0) is 21.0 Å². The van der Waals surface area contributed by atoms with Crippen LogP contribution in [0, 0.1) is 5.82 Å². The minimum atomic E-state index is -4.79. The van der Waals surface area contributed by atoms with Crippen LogP contribution >= 0.6 is 11.6 Å². The fourth-order valence-corrected chi connectivity index (χ4v) is 6.00. The zero-order valence-corrected chi connectivity index (χ0v) is 22.2. The highest BCUT2D eigenvalue weighted by Crippen LogP contribution is 2.41. The summed E-state index contributed by atoms with van der Waals surface area (Å²) in [5.74, 6) is -2.19. The molecule has 1 atom stereocenters. The molecule has 4 aromatic rings. The first kappa shape index (κ1) is 28.4. The number of aromatic nitrogens is 2. The molecule has 0 amide bonds. The number of carbonyl (C=O) groups is 1. The SMILES string of the molecule is O=C(O)CC[C@H]1CN(S(=O)(=O)c2cccc(C(F)(F)F)c2)c2cc(-c3nnc(-c4c(F)cccc4Cl)o3)ccc2O1. The number of alkyl halides is 3. The molecule has 2 heterocycles. The van der Waals surface area contributed by atoms with Gasteiger partial charge in [0.15, 0.2) is 0 Å². The lowest BCUT2D eigenvalue weighted by atomic mass is 10.1. The third kappa shape index (κ3) is 5.70. The van der Waals surface area contributed by atoms with E-state index in [-0.39, 0.29) is 58.8 Å². The predicted molar refractivity (Wildman–Crippen MR) is 137 cm³/mol. The number of carboxylic acids is 1. The van der Waals surface area contributed by atoms with Crippen LogP contribution in [0.5, 0.6) is 5.75 Å². The molecule has 1 aliphatic rings. The summed E-state index contributed by atoms with van der Waals surface area (Å²) in [5.41, 5.74) is -1.17. The van der Waals surface area contributed by atoms with Crippen molar-refractivity contribution in [3.63, 3.8) is 0 Å². The molecule has 1 N–H and O–H groups in total. The Kier molecular flexibility index (Phi) is 7.38. The molecule has 41 heavy (non-hydrogen) atoms. The van der Waals surface area contributed by atoms with Crippen molar-refractivity contribution in [2.75, 3.05) is 10.8 Å². The van der Waals surface area contributed by atoms with Gasteiger partial charge in [0.05, 0.1) is 33.3 Å². The van der Waals surface area contributed by atoms with Crippen molar-refractivity contribution in [3.05, 3.63) is 77.1 Å². The van der Waals surface area contributed by atoms with Crippen LogP contribution in [0.15, 0.2) is 70.0 Å². The Morgan fingerprint density at radius 2 is 1.80 bits per heavy atom. The van der Waals surface area contributed by atoms with E-state index in [9.17, 15) is 30.8 Å². The lowest BCUT2D eigenvalue weighted by Crippen LogP contribution is -2.43. The van der Waals surface area contributed by atoms with Crippen LogP contribution in [0.4, 0.5) is 23.2 Å². The maximum Gasteiger partial charge on any atom is 0.416 e. The van der Waals surface area contributed by atoms with Crippen molar-refractivity contribution < 1.29 is 45.0 Å². The molecule has 214 valence electrons. The Morgan fingerprint density at radius 3 is 2.51 bits per heavy atom. The molecule has 0 saturated carbocycles. The molecule has 0 saturated heterocycles. The second-order valence-electron chi connectivity index (χ2n) is 8.93. The topological polar surface area (TPSA) is 123 Å². The van der Waals surface area contributed by atoms with Crippen molar-refractivity contribution in [2.45, 2.75) is 30.0 Å². The maximum absolute atomic E-state index is 14.4. The Labute approximate surface area is 235 Å². The van der Waals surface area contributed by atoms with Gasteiger partial charge >= 0.3 is 12.1 Å². The number of ether oxygens (including phenoxy) is 1. The van der Waals surface area contributed by atoms with Gasteiger partial charge in [0.25, 0.3) is 15.9 Å². The molecule has 1 aromatic heterocycles. The Bertz CT molecular complexity index is 1720. The molecule has 5 rings (SSSR count). The number of halogens is 5. The van der Waals surface area contributed by atoms with E-state index in [2.05, 4.69) is 10.2 Å². The smallest absolute Gasteiger partial charge is 0.416 e. The standard InChI is InChI=1S/C26H18ClF4N3O6S/c27-18-5-2-6-19(28)23(18)25-33-32-24(40-25)14-7-9-21-20(11-14)34(13-16(39-21)8-10-22(35)36)41(37,38)17-4-1-3-15(12-17)26(29,30)31/h1-7,9,11-12,16H,8,10,13H2,(H,35,36)/t16-/m0/s1. The van der Waals surface area contributed by atoms with Gasteiger partial charge in [-0.25, -0.2) is 12.8 Å². The number of hydrogen-bond acceptors (Lipinski definition) is 7. The van der Waals surface area contributed by atoms with Crippen molar-refractivity contribution >= 4 is 33.3 Å². The number of nitrogens with zero attached hydrogens (tertiary/aromatic N) is 3. The van der Waals surface area contributed by atoms with E-state index in [4.69, 9.17) is 25.9 Å². The van der Waals surface area contributed by atoms with Crippen LogP contribution in [0.2, 0.25) is 5.02 Å². The van der Waals surface area contributed by atoms with Gasteiger partial charge in [-0.1, -0.05) is 23.7 Å². The van der Waals surface area contributed by atoms with E-state index >= 15 is 0 Å². The minimum absolute atomic E-state index is 0.0183. The summed E-state index contributed by atoms with van der Waals surface area (Å²) < 4.78 is 94.1. The first-order valence-corrected chi connectivity index (χ1v) is 13.7. The third-order valence-corrected chi connectivity index (χ3v) is 8.26. The molecule has 0 radical (unpaired) electrons. The summed E-state index contributed by atoms with van der Waals surface area (Å²) in [6.45, 7) is -0.387. The van der Waals surface area contributed by atoms with Crippen molar-refractivity contribution in [1.29, 1.82) is 0 Å². The monoisotopic (exact) mass is 611 g/mol. The van der Waals surface area contributed by atoms with E-state index in [0.29, 0.717) is 6.07 Å². The first-order valence-electron chi connectivity index (χ1n) is 11.9. The van der Waals surface area contributed by atoms with E-state index in [0.717, 1.165) is 28.6 Å². The second-order valence-corrected chi connectivity index (χ2v) is 11.2. The summed E-state index contributed by atoms with van der Waals surface area (Å²) in [7, 11) is -4.61. The molecule has 1 aliphatic heterocycles. The lowest BCUT2D eigenvalue weighted by molar-refractivity contribution is -0.138. The number of aliphatic carboxylic acids is 1. The molecule has 3 aromatic carbocycles. The van der Waals surface area contributed by atoms with Crippen molar-refractivity contribution in [1.82, 2.24) is 10.2 Å². The summed E-state index contributed by atoms with van der Waals surface area (Å²) >= 11 is 6.07. The molecule has 0 bridgehead atoms. The first-order chi connectivity index (χ1) is 19.3. The van der Waals surface area contributed by atoms with E-state index in [1.165, 1.54) is 30.3 Å². The van der Waals surface area contributed by atoms with Crippen molar-refractivity contribution in [2.24, 2.45) is 0 Å². The van der Waals surface area contributed by atoms with Gasteiger partial charge in [0.1, 0.15) is 17.7 Å². The summed E-state index contributed by atoms with van der Waals surface area (Å²) in [6.07, 6.45) is -6.11. The molecule has 15 heteroatoms. The van der Waals surface area contributed by atoms with Crippen molar-refractivity contribution in [3.8, 4) is 28.7 Å². The molecule has 0 fully saturated rings. The average molecular weight is 612 g/mol. The zero-order chi connectivity index (χ0) is 29.5. The fraction of sp³-hybridized carbons (Fsp3) is 0.192. The van der Waals surface area contributed by atoms with Crippen LogP contribution in [0.3, 0.4) is 0 Å². The van der Waals surface area contributed by atoms with Crippen LogP contribution in [-0.4, -0.2) is 42.3 Å². The van der Waals surface area contributed by atoms with Gasteiger partial charge in [0, 0.05) is 12.0 Å². The largest absolute Gasteiger partial charge is 0.486 e. The number of benzene rings is 3. The molecule has 9 nitrogen and oxygen atoms in total.